The number of thiophene rings is 1. The molecule has 0 fully saturated rings. The first-order chi connectivity index (χ1) is 12.0. The minimum absolute atomic E-state index is 0.127. The Balaban J connectivity index is 1.94. The van der Waals surface area contributed by atoms with Crippen molar-refractivity contribution in [1.82, 2.24) is 9.97 Å². The Morgan fingerprint density at radius 1 is 1.04 bits per heavy atom. The molecule has 0 aliphatic carbocycles. The summed E-state index contributed by atoms with van der Waals surface area (Å²) < 4.78 is 27.9. The molecule has 0 aliphatic heterocycles. The molecule has 0 spiro atoms. The Labute approximate surface area is 149 Å². The normalized spacial score (nSPS) is 11.2. The SMILES string of the molecule is O=c1[nH]c(-c2c(F)cccc2F)nc2scc(-c3ccc(Cl)cc3)c12. The molecule has 0 unspecified atom stereocenters. The van der Waals surface area contributed by atoms with E-state index in [-0.39, 0.29) is 11.4 Å². The summed E-state index contributed by atoms with van der Waals surface area (Å²) in [6.45, 7) is 0. The van der Waals surface area contributed by atoms with Crippen LogP contribution in [0.25, 0.3) is 32.7 Å². The summed E-state index contributed by atoms with van der Waals surface area (Å²) in [6.07, 6.45) is 0. The number of nitrogens with zero attached hydrogens (tertiary/aromatic N) is 1. The van der Waals surface area contributed by atoms with E-state index in [9.17, 15) is 13.6 Å². The number of hydrogen-bond acceptors (Lipinski definition) is 3. The van der Waals surface area contributed by atoms with Crippen molar-refractivity contribution in [2.24, 2.45) is 0 Å². The quantitative estimate of drug-likeness (QED) is 0.521. The molecule has 1 N–H and O–H groups in total. The molecule has 7 heteroatoms. The topological polar surface area (TPSA) is 45.8 Å². The molecular weight excluding hydrogens is 366 g/mol. The van der Waals surface area contributed by atoms with Crippen LogP contribution in [-0.2, 0) is 0 Å². The number of fused-ring (bicyclic) bond motifs is 1. The molecule has 0 radical (unpaired) electrons. The van der Waals surface area contributed by atoms with Gasteiger partial charge >= 0.3 is 0 Å². The standard InChI is InChI=1S/C18H9ClF2N2OS/c19-10-6-4-9(5-7-10)11-8-25-18-14(11)17(24)22-16(23-18)15-12(20)2-1-3-13(15)21/h1-8H,(H,22,23,24). The van der Waals surface area contributed by atoms with Crippen molar-refractivity contribution in [3.63, 3.8) is 0 Å². The molecule has 0 atom stereocenters. The van der Waals surface area contributed by atoms with E-state index < -0.39 is 17.2 Å². The second-order valence-electron chi connectivity index (χ2n) is 5.35. The zero-order valence-corrected chi connectivity index (χ0v) is 14.1. The van der Waals surface area contributed by atoms with Crippen molar-refractivity contribution >= 4 is 33.2 Å². The number of H-pyrrole nitrogens is 1. The second kappa shape index (κ2) is 6.06. The Morgan fingerprint density at radius 2 is 1.72 bits per heavy atom. The van der Waals surface area contributed by atoms with Crippen LogP contribution >= 0.6 is 22.9 Å². The number of benzene rings is 2. The first-order valence-corrected chi connectivity index (χ1v) is 8.52. The van der Waals surface area contributed by atoms with Crippen LogP contribution in [0.3, 0.4) is 0 Å². The smallest absolute Gasteiger partial charge is 0.260 e. The van der Waals surface area contributed by atoms with Gasteiger partial charge in [-0.25, -0.2) is 13.8 Å². The van der Waals surface area contributed by atoms with Gasteiger partial charge in [-0.1, -0.05) is 29.8 Å². The molecule has 0 amide bonds. The van der Waals surface area contributed by atoms with E-state index in [1.54, 1.807) is 29.6 Å². The Kier molecular flexibility index (Phi) is 3.86. The van der Waals surface area contributed by atoms with Gasteiger partial charge in [0.05, 0.1) is 10.9 Å². The highest BCUT2D eigenvalue weighted by atomic mass is 35.5. The number of rotatable bonds is 2. The fourth-order valence-electron chi connectivity index (χ4n) is 2.63. The molecule has 4 aromatic rings. The van der Waals surface area contributed by atoms with Gasteiger partial charge in [0.2, 0.25) is 0 Å². The van der Waals surface area contributed by atoms with Gasteiger partial charge in [0.25, 0.3) is 5.56 Å². The Bertz CT molecular complexity index is 1130. The van der Waals surface area contributed by atoms with Gasteiger partial charge in [-0.3, -0.25) is 4.79 Å². The summed E-state index contributed by atoms with van der Waals surface area (Å²) in [5.74, 6) is -1.69. The summed E-state index contributed by atoms with van der Waals surface area (Å²) in [4.78, 5) is 19.7. The molecule has 4 rings (SSSR count). The summed E-state index contributed by atoms with van der Waals surface area (Å²) in [6, 6.07) is 10.6. The molecule has 0 saturated carbocycles. The van der Waals surface area contributed by atoms with Gasteiger partial charge in [-0.05, 0) is 29.8 Å². The minimum atomic E-state index is -0.781. The van der Waals surface area contributed by atoms with Gasteiger partial charge in [0, 0.05) is 16.0 Å². The number of nitrogens with one attached hydrogen (secondary N) is 1. The average Bonchev–Trinajstić information content (AvgIpc) is 3.00. The first kappa shape index (κ1) is 15.9. The number of aromatic nitrogens is 2. The highest BCUT2D eigenvalue weighted by Crippen LogP contribution is 2.32. The van der Waals surface area contributed by atoms with E-state index >= 15 is 0 Å². The molecule has 3 nitrogen and oxygen atoms in total. The molecule has 2 aromatic heterocycles. The van der Waals surface area contributed by atoms with Gasteiger partial charge in [-0.15, -0.1) is 11.3 Å². The lowest BCUT2D eigenvalue weighted by Gasteiger charge is -2.05. The third-order valence-corrected chi connectivity index (χ3v) is 4.92. The lowest BCUT2D eigenvalue weighted by atomic mass is 10.1. The number of aromatic amines is 1. The van der Waals surface area contributed by atoms with Crippen LogP contribution in [0.15, 0.2) is 52.6 Å². The Hall–Kier alpha value is -2.57. The van der Waals surface area contributed by atoms with E-state index in [1.807, 2.05) is 0 Å². The molecule has 0 bridgehead atoms. The van der Waals surface area contributed by atoms with Gasteiger partial charge in [0.15, 0.2) is 0 Å². The van der Waals surface area contributed by atoms with Crippen LogP contribution in [0.4, 0.5) is 8.78 Å². The molecule has 2 aromatic carbocycles. The fourth-order valence-corrected chi connectivity index (χ4v) is 3.71. The summed E-state index contributed by atoms with van der Waals surface area (Å²) >= 11 is 7.13. The van der Waals surface area contributed by atoms with Gasteiger partial charge < -0.3 is 4.98 Å². The van der Waals surface area contributed by atoms with Crippen molar-refractivity contribution in [1.29, 1.82) is 0 Å². The van der Waals surface area contributed by atoms with Gasteiger partial charge in [-0.2, -0.15) is 0 Å². The van der Waals surface area contributed by atoms with E-state index in [0.717, 1.165) is 17.7 Å². The minimum Gasteiger partial charge on any atom is -0.306 e. The number of hydrogen-bond donors (Lipinski definition) is 1. The molecule has 25 heavy (non-hydrogen) atoms. The largest absolute Gasteiger partial charge is 0.306 e. The molecule has 2 heterocycles. The van der Waals surface area contributed by atoms with Crippen LogP contribution in [-0.4, -0.2) is 9.97 Å². The average molecular weight is 375 g/mol. The van der Waals surface area contributed by atoms with Crippen molar-refractivity contribution in [2.75, 3.05) is 0 Å². The summed E-state index contributed by atoms with van der Waals surface area (Å²) in [7, 11) is 0. The maximum atomic E-state index is 14.0. The third kappa shape index (κ3) is 2.73. The van der Waals surface area contributed by atoms with E-state index in [1.165, 1.54) is 17.4 Å². The lowest BCUT2D eigenvalue weighted by Crippen LogP contribution is -2.10. The highest BCUT2D eigenvalue weighted by molar-refractivity contribution is 7.17. The molecule has 0 saturated heterocycles. The third-order valence-electron chi connectivity index (χ3n) is 3.80. The van der Waals surface area contributed by atoms with Crippen molar-refractivity contribution in [3.8, 4) is 22.5 Å². The maximum Gasteiger partial charge on any atom is 0.260 e. The molecule has 124 valence electrons. The fraction of sp³-hybridized carbons (Fsp3) is 0. The highest BCUT2D eigenvalue weighted by Gasteiger charge is 2.17. The zero-order chi connectivity index (χ0) is 17.6. The van der Waals surface area contributed by atoms with Crippen LogP contribution in [0.2, 0.25) is 5.02 Å². The van der Waals surface area contributed by atoms with E-state index in [2.05, 4.69) is 9.97 Å². The van der Waals surface area contributed by atoms with Crippen LogP contribution in [0, 0.1) is 11.6 Å². The van der Waals surface area contributed by atoms with Crippen molar-refractivity contribution < 1.29 is 8.78 Å². The lowest BCUT2D eigenvalue weighted by molar-refractivity contribution is 0.587. The zero-order valence-electron chi connectivity index (χ0n) is 12.5. The van der Waals surface area contributed by atoms with E-state index in [4.69, 9.17) is 11.6 Å². The summed E-state index contributed by atoms with van der Waals surface area (Å²) in [5.41, 5.74) is 0.718. The van der Waals surface area contributed by atoms with Crippen molar-refractivity contribution in [3.05, 3.63) is 74.9 Å². The first-order valence-electron chi connectivity index (χ1n) is 7.26. The monoisotopic (exact) mass is 374 g/mol. The van der Waals surface area contributed by atoms with Crippen LogP contribution in [0.5, 0.6) is 0 Å². The predicted octanol–water partition coefficient (Wildman–Crippen LogP) is 5.25. The molecular formula is C18H9ClF2N2OS. The van der Waals surface area contributed by atoms with Crippen LogP contribution in [0.1, 0.15) is 0 Å². The Morgan fingerprint density at radius 3 is 2.40 bits per heavy atom. The number of halogens is 3. The second-order valence-corrected chi connectivity index (χ2v) is 6.64. The van der Waals surface area contributed by atoms with E-state index in [0.29, 0.717) is 20.8 Å². The van der Waals surface area contributed by atoms with Crippen LogP contribution < -0.4 is 5.56 Å². The molecule has 0 aliphatic rings. The maximum absolute atomic E-state index is 14.0. The van der Waals surface area contributed by atoms with Crippen molar-refractivity contribution in [2.45, 2.75) is 0 Å². The summed E-state index contributed by atoms with van der Waals surface area (Å²) in [5, 5.41) is 2.76. The van der Waals surface area contributed by atoms with Gasteiger partial charge in [0.1, 0.15) is 22.3 Å². The predicted molar refractivity (Wildman–Crippen MR) is 96.0 cm³/mol.